The zero-order valence-corrected chi connectivity index (χ0v) is 7.62. The Morgan fingerprint density at radius 2 is 2.17 bits per heavy atom. The predicted molar refractivity (Wildman–Crippen MR) is 49.5 cm³/mol. The molecule has 12 heavy (non-hydrogen) atoms. The first-order valence-corrected chi connectivity index (χ1v) is 4.37. The minimum atomic E-state index is -0.127. The quantitative estimate of drug-likeness (QED) is 0.277. The Morgan fingerprint density at radius 1 is 1.50 bits per heavy atom. The lowest BCUT2D eigenvalue weighted by Gasteiger charge is -2.14. The molecule has 1 unspecified atom stereocenters. The number of nitrogens with one attached hydrogen (secondary N) is 1. The van der Waals surface area contributed by atoms with E-state index >= 15 is 0 Å². The Hall–Kier alpha value is -0.450. The van der Waals surface area contributed by atoms with Crippen LogP contribution in [-0.2, 0) is 4.79 Å². The average Bonchev–Trinajstić information content (AvgIpc) is 2.02. The van der Waals surface area contributed by atoms with Crippen LogP contribution in [0.15, 0.2) is 0 Å². The summed E-state index contributed by atoms with van der Waals surface area (Å²) >= 11 is 0. The molecule has 0 saturated carbocycles. The predicted octanol–water partition coefficient (Wildman–Crippen LogP) is -0.423. The second-order valence-corrected chi connectivity index (χ2v) is 2.98. The van der Waals surface area contributed by atoms with Gasteiger partial charge in [0.25, 0.3) is 0 Å². The Labute approximate surface area is 73.7 Å². The lowest BCUT2D eigenvalue weighted by atomic mass is 10.1. The summed E-state index contributed by atoms with van der Waals surface area (Å²) in [4.78, 5) is 10.5. The summed E-state index contributed by atoms with van der Waals surface area (Å²) in [6.07, 6.45) is 3.53. The van der Waals surface area contributed by atoms with Crippen LogP contribution < -0.4 is 16.8 Å². The van der Waals surface area contributed by atoms with Gasteiger partial charge in [-0.25, -0.2) is 0 Å². The number of carbonyl (C=O) groups excluding carboxylic acids is 1. The fraction of sp³-hybridized carbons (Fsp3) is 0.875. The molecule has 4 heteroatoms. The van der Waals surface area contributed by atoms with Gasteiger partial charge < -0.3 is 16.3 Å². The molecule has 2 atom stereocenters. The van der Waals surface area contributed by atoms with Crippen LogP contribution in [-0.4, -0.2) is 25.0 Å². The second kappa shape index (κ2) is 7.21. The zero-order chi connectivity index (χ0) is 9.40. The summed E-state index contributed by atoms with van der Waals surface area (Å²) in [6.45, 7) is 2.50. The molecule has 0 aromatic rings. The number of unbranched alkanes of at least 4 members (excludes halogenated alkanes) is 1. The summed E-state index contributed by atoms with van der Waals surface area (Å²) in [5.74, 6) is 0. The summed E-state index contributed by atoms with van der Waals surface area (Å²) in [5.41, 5.74) is 10.8. The van der Waals surface area contributed by atoms with E-state index in [4.69, 9.17) is 11.5 Å². The molecular weight excluding hydrogens is 154 g/mol. The van der Waals surface area contributed by atoms with E-state index in [-0.39, 0.29) is 12.2 Å². The highest BCUT2D eigenvalue weighted by atomic mass is 16.1. The topological polar surface area (TPSA) is 81.1 Å². The molecule has 72 valence electrons. The molecule has 0 aliphatic carbocycles. The first-order chi connectivity index (χ1) is 5.70. The molecule has 0 saturated heterocycles. The van der Waals surface area contributed by atoms with E-state index in [1.165, 1.54) is 0 Å². The molecule has 0 spiro atoms. The van der Waals surface area contributed by atoms with E-state index in [1.807, 2.05) is 6.92 Å². The zero-order valence-electron chi connectivity index (χ0n) is 7.62. The van der Waals surface area contributed by atoms with Crippen molar-refractivity contribution in [3.63, 3.8) is 0 Å². The van der Waals surface area contributed by atoms with Crippen molar-refractivity contribution in [1.29, 1.82) is 0 Å². The maximum Gasteiger partial charge on any atom is 0.136 e. The lowest BCUT2D eigenvalue weighted by Crippen LogP contribution is -2.42. The first kappa shape index (κ1) is 11.6. The van der Waals surface area contributed by atoms with Crippen molar-refractivity contribution in [1.82, 2.24) is 5.32 Å². The third-order valence-corrected chi connectivity index (χ3v) is 1.61. The van der Waals surface area contributed by atoms with Crippen LogP contribution in [0.5, 0.6) is 0 Å². The molecule has 0 fully saturated rings. The number of carbonyl (C=O) groups is 1. The first-order valence-electron chi connectivity index (χ1n) is 4.37. The second-order valence-electron chi connectivity index (χ2n) is 2.98. The van der Waals surface area contributed by atoms with Crippen molar-refractivity contribution in [2.24, 2.45) is 11.5 Å². The number of hydrogen-bond acceptors (Lipinski definition) is 4. The number of hydrogen-bond donors (Lipinski definition) is 3. The van der Waals surface area contributed by atoms with Crippen molar-refractivity contribution >= 4 is 6.29 Å². The molecule has 0 aliphatic rings. The third-order valence-electron chi connectivity index (χ3n) is 1.61. The molecule has 4 nitrogen and oxygen atoms in total. The number of rotatable bonds is 7. The van der Waals surface area contributed by atoms with E-state index in [2.05, 4.69) is 5.32 Å². The largest absolute Gasteiger partial charge is 0.330 e. The van der Waals surface area contributed by atoms with Gasteiger partial charge in [-0.05, 0) is 26.3 Å². The highest BCUT2D eigenvalue weighted by molar-refractivity contribution is 5.57. The van der Waals surface area contributed by atoms with Gasteiger partial charge in [-0.15, -0.1) is 0 Å². The van der Waals surface area contributed by atoms with E-state index in [0.29, 0.717) is 6.54 Å². The van der Waals surface area contributed by atoms with E-state index in [9.17, 15) is 4.79 Å². The van der Waals surface area contributed by atoms with Gasteiger partial charge in [0, 0.05) is 0 Å². The summed E-state index contributed by atoms with van der Waals surface area (Å²) < 4.78 is 0. The van der Waals surface area contributed by atoms with Crippen LogP contribution in [0.4, 0.5) is 0 Å². The smallest absolute Gasteiger partial charge is 0.136 e. The summed E-state index contributed by atoms with van der Waals surface area (Å²) in [6, 6.07) is -0.114. The number of nitrogens with two attached hydrogens (primary N) is 2. The molecular formula is C8H19N3O. The Bertz CT molecular complexity index is 117. The van der Waals surface area contributed by atoms with E-state index < -0.39 is 0 Å². The van der Waals surface area contributed by atoms with Gasteiger partial charge in [-0.3, -0.25) is 5.32 Å². The average molecular weight is 173 g/mol. The Morgan fingerprint density at radius 3 is 2.58 bits per heavy atom. The van der Waals surface area contributed by atoms with Gasteiger partial charge in [0.2, 0.25) is 0 Å². The monoisotopic (exact) mass is 173 g/mol. The van der Waals surface area contributed by atoms with Crippen LogP contribution in [0, 0.1) is 0 Å². The van der Waals surface area contributed by atoms with Gasteiger partial charge in [0.05, 0.1) is 12.2 Å². The van der Waals surface area contributed by atoms with Gasteiger partial charge in [0.15, 0.2) is 0 Å². The fourth-order valence-corrected chi connectivity index (χ4v) is 1.04. The normalized spacial score (nSPS) is 15.6. The maximum atomic E-state index is 10.5. The van der Waals surface area contributed by atoms with Crippen molar-refractivity contribution in [3.8, 4) is 0 Å². The highest BCUT2D eigenvalue weighted by Gasteiger charge is 2.06. The third kappa shape index (κ3) is 6.27. The van der Waals surface area contributed by atoms with Crippen molar-refractivity contribution in [2.45, 2.75) is 38.4 Å². The van der Waals surface area contributed by atoms with E-state index in [1.54, 1.807) is 0 Å². The molecule has 0 radical (unpaired) electrons. The van der Waals surface area contributed by atoms with Crippen LogP contribution in [0.3, 0.4) is 0 Å². The van der Waals surface area contributed by atoms with Crippen molar-refractivity contribution in [2.75, 3.05) is 6.54 Å². The van der Waals surface area contributed by atoms with Crippen LogP contribution in [0.25, 0.3) is 0 Å². The SMILES string of the molecule is CC(N)N[C@H](C=O)CCCCN. The molecule has 0 aromatic carbocycles. The lowest BCUT2D eigenvalue weighted by molar-refractivity contribution is -0.109. The van der Waals surface area contributed by atoms with E-state index in [0.717, 1.165) is 25.5 Å². The van der Waals surface area contributed by atoms with Gasteiger partial charge in [-0.2, -0.15) is 0 Å². The summed E-state index contributed by atoms with van der Waals surface area (Å²) in [5, 5.41) is 2.96. The molecule has 5 N–H and O–H groups in total. The van der Waals surface area contributed by atoms with Crippen LogP contribution in [0.2, 0.25) is 0 Å². The van der Waals surface area contributed by atoms with Crippen molar-refractivity contribution in [3.05, 3.63) is 0 Å². The van der Waals surface area contributed by atoms with Gasteiger partial charge in [-0.1, -0.05) is 6.42 Å². The minimum absolute atomic E-state index is 0.114. The molecule has 0 rings (SSSR count). The van der Waals surface area contributed by atoms with Crippen molar-refractivity contribution < 1.29 is 4.79 Å². The standard InChI is InChI=1S/C8H19N3O/c1-7(10)11-8(6-12)4-2-3-5-9/h6-8,11H,2-5,9-10H2,1H3/t7?,8-/m0/s1. The Balaban J connectivity index is 3.46. The molecule has 0 aliphatic heterocycles. The van der Waals surface area contributed by atoms with Crippen LogP contribution >= 0.6 is 0 Å². The minimum Gasteiger partial charge on any atom is -0.330 e. The van der Waals surface area contributed by atoms with Gasteiger partial charge in [0.1, 0.15) is 6.29 Å². The molecule has 0 heterocycles. The molecule has 0 bridgehead atoms. The van der Waals surface area contributed by atoms with Crippen LogP contribution in [0.1, 0.15) is 26.2 Å². The molecule has 0 aromatic heterocycles. The Kier molecular flexibility index (Phi) is 6.94. The van der Waals surface area contributed by atoms with Gasteiger partial charge >= 0.3 is 0 Å². The maximum absolute atomic E-state index is 10.5. The molecule has 0 amide bonds. The fourth-order valence-electron chi connectivity index (χ4n) is 1.04. The highest BCUT2D eigenvalue weighted by Crippen LogP contribution is 1.97. The number of aldehydes is 1. The summed E-state index contributed by atoms with van der Waals surface area (Å²) in [7, 11) is 0.